The molecule has 0 amide bonds. The third kappa shape index (κ3) is 2.83. The standard InChI is InChI=1S/C14H9ClF3N3.BrH/c15-11-5-9(14(16,17)18)6-20-13(11)21-7-8-3-1-2-4-10(8)12(21)19;/h1-6,19H,7H2;1H. The molecule has 0 saturated carbocycles. The summed E-state index contributed by atoms with van der Waals surface area (Å²) in [6.07, 6.45) is -3.76. The Balaban J connectivity index is 0.00000176. The average molecular weight is 393 g/mol. The smallest absolute Gasteiger partial charge is 0.305 e. The van der Waals surface area contributed by atoms with E-state index in [-0.39, 0.29) is 33.7 Å². The van der Waals surface area contributed by atoms with Crippen LogP contribution in [-0.2, 0) is 12.7 Å². The van der Waals surface area contributed by atoms with Gasteiger partial charge in [-0.3, -0.25) is 5.41 Å². The summed E-state index contributed by atoms with van der Waals surface area (Å²) in [6.45, 7) is 0.368. The molecule has 0 spiro atoms. The summed E-state index contributed by atoms with van der Waals surface area (Å²) in [7, 11) is 0. The molecule has 2 aromatic rings. The van der Waals surface area contributed by atoms with Gasteiger partial charge in [0.05, 0.1) is 17.1 Å². The van der Waals surface area contributed by atoms with Crippen LogP contribution in [0.15, 0.2) is 36.5 Å². The van der Waals surface area contributed by atoms with Gasteiger partial charge < -0.3 is 4.90 Å². The molecule has 1 aliphatic heterocycles. The number of aromatic nitrogens is 1. The van der Waals surface area contributed by atoms with E-state index >= 15 is 0 Å². The van der Waals surface area contributed by atoms with Gasteiger partial charge >= 0.3 is 6.18 Å². The van der Waals surface area contributed by atoms with Gasteiger partial charge in [-0.2, -0.15) is 13.2 Å². The van der Waals surface area contributed by atoms with Gasteiger partial charge in [0.15, 0.2) is 5.82 Å². The lowest BCUT2D eigenvalue weighted by Gasteiger charge is -2.19. The van der Waals surface area contributed by atoms with Gasteiger partial charge in [-0.05, 0) is 11.6 Å². The molecule has 22 heavy (non-hydrogen) atoms. The minimum absolute atomic E-state index is 0. The number of amidine groups is 1. The molecule has 0 unspecified atom stereocenters. The second-order valence-electron chi connectivity index (χ2n) is 4.62. The number of alkyl halides is 3. The number of anilines is 1. The van der Waals surface area contributed by atoms with Crippen molar-refractivity contribution in [3.63, 3.8) is 0 Å². The van der Waals surface area contributed by atoms with Crippen LogP contribution >= 0.6 is 28.6 Å². The van der Waals surface area contributed by atoms with E-state index in [4.69, 9.17) is 17.0 Å². The third-order valence-electron chi connectivity index (χ3n) is 3.28. The molecule has 0 saturated heterocycles. The summed E-state index contributed by atoms with van der Waals surface area (Å²) < 4.78 is 37.8. The Morgan fingerprint density at radius 1 is 1.23 bits per heavy atom. The van der Waals surface area contributed by atoms with E-state index in [1.165, 1.54) is 4.90 Å². The summed E-state index contributed by atoms with van der Waals surface area (Å²) in [5, 5.41) is 7.98. The Hall–Kier alpha value is -1.60. The normalized spacial score (nSPS) is 13.8. The fourth-order valence-electron chi connectivity index (χ4n) is 2.25. The summed E-state index contributed by atoms with van der Waals surface area (Å²) in [4.78, 5) is 5.29. The van der Waals surface area contributed by atoms with Gasteiger partial charge in [0, 0.05) is 11.8 Å². The van der Waals surface area contributed by atoms with Crippen LogP contribution in [0.3, 0.4) is 0 Å². The summed E-state index contributed by atoms with van der Waals surface area (Å²) in [5.41, 5.74) is 0.745. The highest BCUT2D eigenvalue weighted by atomic mass is 79.9. The van der Waals surface area contributed by atoms with Crippen LogP contribution in [0.1, 0.15) is 16.7 Å². The molecular weight excluding hydrogens is 383 g/mol. The molecule has 8 heteroatoms. The Morgan fingerprint density at radius 2 is 1.91 bits per heavy atom. The van der Waals surface area contributed by atoms with Crippen molar-refractivity contribution in [2.75, 3.05) is 4.90 Å². The number of nitrogens with one attached hydrogen (secondary N) is 1. The number of pyridine rings is 1. The van der Waals surface area contributed by atoms with E-state index in [9.17, 15) is 13.2 Å². The fourth-order valence-corrected chi connectivity index (χ4v) is 2.52. The lowest BCUT2D eigenvalue weighted by molar-refractivity contribution is -0.137. The third-order valence-corrected chi connectivity index (χ3v) is 3.55. The summed E-state index contributed by atoms with van der Waals surface area (Å²) >= 11 is 5.92. The van der Waals surface area contributed by atoms with E-state index in [1.54, 1.807) is 12.1 Å². The number of halogens is 5. The first kappa shape index (κ1) is 16.8. The first-order valence-corrected chi connectivity index (χ1v) is 6.43. The van der Waals surface area contributed by atoms with Crippen molar-refractivity contribution in [3.05, 3.63) is 58.2 Å². The molecule has 3 rings (SSSR count). The van der Waals surface area contributed by atoms with Crippen LogP contribution in [0.2, 0.25) is 5.02 Å². The first-order valence-electron chi connectivity index (χ1n) is 6.05. The molecule has 116 valence electrons. The SMILES string of the molecule is Br.N=C1c2ccccc2CN1c1ncc(C(F)(F)F)cc1Cl. The van der Waals surface area contributed by atoms with Crippen LogP contribution in [-0.4, -0.2) is 10.8 Å². The van der Waals surface area contributed by atoms with Crippen molar-refractivity contribution in [2.45, 2.75) is 12.7 Å². The van der Waals surface area contributed by atoms with Crippen LogP contribution in [0, 0.1) is 5.41 Å². The maximum absolute atomic E-state index is 12.6. The van der Waals surface area contributed by atoms with Crippen molar-refractivity contribution < 1.29 is 13.2 Å². The molecule has 0 atom stereocenters. The molecule has 0 aliphatic carbocycles. The highest BCUT2D eigenvalue weighted by Gasteiger charge is 2.33. The van der Waals surface area contributed by atoms with E-state index < -0.39 is 11.7 Å². The van der Waals surface area contributed by atoms with Gasteiger partial charge in [0.2, 0.25) is 0 Å². The molecule has 2 heterocycles. The van der Waals surface area contributed by atoms with E-state index in [0.717, 1.165) is 23.4 Å². The maximum atomic E-state index is 12.6. The zero-order chi connectivity index (χ0) is 15.2. The van der Waals surface area contributed by atoms with Gasteiger partial charge in [-0.15, -0.1) is 17.0 Å². The zero-order valence-corrected chi connectivity index (χ0v) is 13.5. The van der Waals surface area contributed by atoms with Gasteiger partial charge in [0.25, 0.3) is 0 Å². The molecule has 1 aromatic heterocycles. The molecule has 0 radical (unpaired) electrons. The van der Waals surface area contributed by atoms with Crippen LogP contribution < -0.4 is 4.90 Å². The predicted octanol–water partition coefficient (Wildman–Crippen LogP) is 4.68. The number of hydrogen-bond acceptors (Lipinski definition) is 2. The number of fused-ring (bicyclic) bond motifs is 1. The number of nitrogens with zero attached hydrogens (tertiary/aromatic N) is 2. The van der Waals surface area contributed by atoms with Crippen molar-refractivity contribution in [2.24, 2.45) is 0 Å². The molecule has 1 aromatic carbocycles. The molecule has 3 nitrogen and oxygen atoms in total. The second kappa shape index (κ2) is 5.89. The molecular formula is C14H10BrClF3N3. The molecule has 0 bridgehead atoms. The highest BCUT2D eigenvalue weighted by Crippen LogP contribution is 2.36. The van der Waals surface area contributed by atoms with E-state index in [0.29, 0.717) is 6.54 Å². The number of rotatable bonds is 1. The highest BCUT2D eigenvalue weighted by molar-refractivity contribution is 8.93. The summed E-state index contributed by atoms with van der Waals surface area (Å²) in [5.74, 6) is 0.339. The number of benzene rings is 1. The minimum atomic E-state index is -4.49. The monoisotopic (exact) mass is 391 g/mol. The average Bonchev–Trinajstić information content (AvgIpc) is 2.75. The van der Waals surface area contributed by atoms with Crippen molar-refractivity contribution >= 4 is 40.2 Å². The fraction of sp³-hybridized carbons (Fsp3) is 0.143. The van der Waals surface area contributed by atoms with Crippen molar-refractivity contribution in [1.82, 2.24) is 4.98 Å². The molecule has 1 N–H and O–H groups in total. The second-order valence-corrected chi connectivity index (χ2v) is 5.03. The summed E-state index contributed by atoms with van der Waals surface area (Å²) in [6, 6.07) is 8.13. The predicted molar refractivity (Wildman–Crippen MR) is 84.0 cm³/mol. The largest absolute Gasteiger partial charge is 0.417 e. The van der Waals surface area contributed by atoms with Gasteiger partial charge in [-0.1, -0.05) is 35.9 Å². The van der Waals surface area contributed by atoms with Crippen LogP contribution in [0.5, 0.6) is 0 Å². The van der Waals surface area contributed by atoms with E-state index in [1.807, 2.05) is 12.1 Å². The van der Waals surface area contributed by atoms with Crippen LogP contribution in [0.4, 0.5) is 19.0 Å². The van der Waals surface area contributed by atoms with Gasteiger partial charge in [-0.25, -0.2) is 4.98 Å². The first-order chi connectivity index (χ1) is 9.88. The lowest BCUT2D eigenvalue weighted by Crippen LogP contribution is -2.24. The Bertz CT molecular complexity index is 734. The minimum Gasteiger partial charge on any atom is -0.305 e. The Morgan fingerprint density at radius 3 is 2.50 bits per heavy atom. The number of hydrogen-bond donors (Lipinski definition) is 1. The molecule has 1 aliphatic rings. The van der Waals surface area contributed by atoms with E-state index in [2.05, 4.69) is 4.98 Å². The van der Waals surface area contributed by atoms with Crippen LogP contribution in [0.25, 0.3) is 0 Å². The Kier molecular flexibility index (Phi) is 4.49. The van der Waals surface area contributed by atoms with Crippen molar-refractivity contribution in [1.29, 1.82) is 5.41 Å². The van der Waals surface area contributed by atoms with Crippen molar-refractivity contribution in [3.8, 4) is 0 Å². The topological polar surface area (TPSA) is 40.0 Å². The lowest BCUT2D eigenvalue weighted by atomic mass is 10.1. The van der Waals surface area contributed by atoms with Gasteiger partial charge in [0.1, 0.15) is 5.84 Å². The zero-order valence-electron chi connectivity index (χ0n) is 11.0. The molecule has 0 fully saturated rings. The Labute approximate surface area is 140 Å². The maximum Gasteiger partial charge on any atom is 0.417 e. The quantitative estimate of drug-likeness (QED) is 0.765.